The first-order chi connectivity index (χ1) is 8.91. The fourth-order valence-corrected chi connectivity index (χ4v) is 3.34. The summed E-state index contributed by atoms with van der Waals surface area (Å²) in [6, 6.07) is 4.27. The molecule has 19 heavy (non-hydrogen) atoms. The highest BCUT2D eigenvalue weighted by Crippen LogP contribution is 2.24. The Morgan fingerprint density at radius 3 is 2.79 bits per heavy atom. The molecule has 0 spiro atoms. The summed E-state index contributed by atoms with van der Waals surface area (Å²) in [5, 5.41) is 2.14. The Kier molecular flexibility index (Phi) is 4.10. The molecule has 0 aliphatic rings. The van der Waals surface area contributed by atoms with Crippen LogP contribution in [-0.2, 0) is 16.6 Å². The number of nitrogen functional groups attached to an aromatic ring is 1. The molecule has 0 atom stereocenters. The van der Waals surface area contributed by atoms with Crippen LogP contribution in [0.1, 0.15) is 5.69 Å². The molecule has 0 saturated carbocycles. The number of nitrogens with two attached hydrogens (primary N) is 1. The van der Waals surface area contributed by atoms with Gasteiger partial charge in [-0.05, 0) is 18.2 Å². The van der Waals surface area contributed by atoms with Crippen LogP contribution in [0.3, 0.4) is 0 Å². The van der Waals surface area contributed by atoms with Crippen molar-refractivity contribution >= 4 is 38.6 Å². The van der Waals surface area contributed by atoms with Gasteiger partial charge in [0.1, 0.15) is 0 Å². The number of rotatable bonds is 4. The summed E-state index contributed by atoms with van der Waals surface area (Å²) in [5.74, 6) is 0. The van der Waals surface area contributed by atoms with Crippen LogP contribution in [0.25, 0.3) is 0 Å². The Morgan fingerprint density at radius 1 is 1.47 bits per heavy atom. The first-order valence-corrected chi connectivity index (χ1v) is 8.06. The molecular weight excluding hydrogens is 306 g/mol. The van der Waals surface area contributed by atoms with E-state index >= 15 is 0 Å². The fraction of sp³-hybridized carbons (Fsp3) is 0.182. The lowest BCUT2D eigenvalue weighted by atomic mass is 10.3. The molecule has 1 aromatic heterocycles. The second-order valence-electron chi connectivity index (χ2n) is 3.92. The third-order valence-corrected chi connectivity index (χ3v) is 5.32. The lowest BCUT2D eigenvalue weighted by Gasteiger charge is -2.16. The molecule has 0 radical (unpaired) electrons. The average molecular weight is 318 g/mol. The van der Waals surface area contributed by atoms with Gasteiger partial charge >= 0.3 is 0 Å². The molecule has 0 amide bonds. The Morgan fingerprint density at radius 2 is 2.21 bits per heavy atom. The summed E-state index contributed by atoms with van der Waals surface area (Å²) >= 11 is 7.21. The normalized spacial score (nSPS) is 11.9. The summed E-state index contributed by atoms with van der Waals surface area (Å²) < 4.78 is 25.9. The standard InChI is InChI=1S/C11H12ClN3O2S2/c1-15(5-8-6-18-7-14-8)19(16,17)9-2-3-10(12)11(13)4-9/h2-4,6-7H,5,13H2,1H3. The Labute approximate surface area is 120 Å². The minimum absolute atomic E-state index is 0.118. The van der Waals surface area contributed by atoms with Crippen LogP contribution in [0, 0.1) is 0 Å². The number of aromatic nitrogens is 1. The van der Waals surface area contributed by atoms with Crippen LogP contribution in [0.4, 0.5) is 5.69 Å². The quantitative estimate of drug-likeness (QED) is 0.877. The highest BCUT2D eigenvalue weighted by molar-refractivity contribution is 7.89. The highest BCUT2D eigenvalue weighted by atomic mass is 35.5. The molecule has 102 valence electrons. The monoisotopic (exact) mass is 317 g/mol. The van der Waals surface area contributed by atoms with Gasteiger partial charge < -0.3 is 5.73 Å². The van der Waals surface area contributed by atoms with E-state index in [2.05, 4.69) is 4.98 Å². The van der Waals surface area contributed by atoms with Gasteiger partial charge in [0.2, 0.25) is 10.0 Å². The topological polar surface area (TPSA) is 76.3 Å². The van der Waals surface area contributed by atoms with E-state index in [-0.39, 0.29) is 17.1 Å². The molecule has 5 nitrogen and oxygen atoms in total. The van der Waals surface area contributed by atoms with Crippen LogP contribution in [-0.4, -0.2) is 24.8 Å². The van der Waals surface area contributed by atoms with Crippen molar-refractivity contribution in [3.63, 3.8) is 0 Å². The largest absolute Gasteiger partial charge is 0.397 e. The highest BCUT2D eigenvalue weighted by Gasteiger charge is 2.22. The molecule has 2 aromatic rings. The minimum atomic E-state index is -3.60. The SMILES string of the molecule is CN(Cc1cscn1)S(=O)(=O)c1ccc(Cl)c(N)c1. The van der Waals surface area contributed by atoms with Crippen molar-refractivity contribution in [1.29, 1.82) is 0 Å². The van der Waals surface area contributed by atoms with E-state index in [0.717, 1.165) is 0 Å². The van der Waals surface area contributed by atoms with Crippen molar-refractivity contribution in [2.24, 2.45) is 0 Å². The summed E-state index contributed by atoms with van der Waals surface area (Å²) in [4.78, 5) is 4.18. The maximum Gasteiger partial charge on any atom is 0.243 e. The number of benzene rings is 1. The first-order valence-electron chi connectivity index (χ1n) is 5.29. The third kappa shape index (κ3) is 3.06. The molecule has 8 heteroatoms. The number of hydrogen-bond donors (Lipinski definition) is 1. The van der Waals surface area contributed by atoms with Gasteiger partial charge in [-0.2, -0.15) is 4.31 Å². The molecule has 0 bridgehead atoms. The van der Waals surface area contributed by atoms with E-state index in [1.54, 1.807) is 5.51 Å². The zero-order valence-electron chi connectivity index (χ0n) is 10.1. The van der Waals surface area contributed by atoms with E-state index in [4.69, 9.17) is 17.3 Å². The maximum absolute atomic E-state index is 12.3. The average Bonchev–Trinajstić information content (AvgIpc) is 2.85. The van der Waals surface area contributed by atoms with Crippen molar-refractivity contribution < 1.29 is 8.42 Å². The molecule has 0 fully saturated rings. The van der Waals surface area contributed by atoms with E-state index in [1.165, 1.54) is 40.9 Å². The van der Waals surface area contributed by atoms with Crippen LogP contribution >= 0.6 is 22.9 Å². The molecule has 0 aliphatic carbocycles. The van der Waals surface area contributed by atoms with Gasteiger partial charge in [-0.25, -0.2) is 13.4 Å². The van der Waals surface area contributed by atoms with Gasteiger partial charge in [0, 0.05) is 12.4 Å². The summed E-state index contributed by atoms with van der Waals surface area (Å²) in [6.07, 6.45) is 0. The van der Waals surface area contributed by atoms with E-state index in [1.807, 2.05) is 5.38 Å². The lowest BCUT2D eigenvalue weighted by Crippen LogP contribution is -2.26. The number of nitrogens with zero attached hydrogens (tertiary/aromatic N) is 2. The van der Waals surface area contributed by atoms with Crippen molar-refractivity contribution in [2.75, 3.05) is 12.8 Å². The van der Waals surface area contributed by atoms with Crippen LogP contribution in [0.5, 0.6) is 0 Å². The maximum atomic E-state index is 12.3. The second kappa shape index (κ2) is 5.46. The molecule has 2 N–H and O–H groups in total. The van der Waals surface area contributed by atoms with E-state index in [9.17, 15) is 8.42 Å². The van der Waals surface area contributed by atoms with Gasteiger partial charge in [0.15, 0.2) is 0 Å². The second-order valence-corrected chi connectivity index (χ2v) is 7.09. The Balaban J connectivity index is 2.28. The number of halogens is 1. The number of hydrogen-bond acceptors (Lipinski definition) is 5. The smallest absolute Gasteiger partial charge is 0.243 e. The number of anilines is 1. The zero-order valence-corrected chi connectivity index (χ0v) is 12.5. The molecule has 0 unspecified atom stereocenters. The zero-order chi connectivity index (χ0) is 14.0. The molecule has 2 rings (SSSR count). The predicted octanol–water partition coefficient (Wildman–Crippen LogP) is 2.20. The van der Waals surface area contributed by atoms with Crippen LogP contribution < -0.4 is 5.73 Å². The van der Waals surface area contributed by atoms with E-state index in [0.29, 0.717) is 10.7 Å². The van der Waals surface area contributed by atoms with Crippen molar-refractivity contribution in [3.8, 4) is 0 Å². The van der Waals surface area contributed by atoms with Gasteiger partial charge in [0.05, 0.1) is 33.4 Å². The van der Waals surface area contributed by atoms with Gasteiger partial charge in [-0.1, -0.05) is 11.6 Å². The summed E-state index contributed by atoms with van der Waals surface area (Å²) in [5.41, 5.74) is 8.24. The Bertz CT molecular complexity index is 671. The van der Waals surface area contributed by atoms with Crippen LogP contribution in [0.2, 0.25) is 5.02 Å². The predicted molar refractivity (Wildman–Crippen MR) is 76.6 cm³/mol. The molecule has 0 saturated heterocycles. The van der Waals surface area contributed by atoms with Crippen molar-refractivity contribution in [1.82, 2.24) is 9.29 Å². The van der Waals surface area contributed by atoms with Gasteiger partial charge in [-0.3, -0.25) is 0 Å². The minimum Gasteiger partial charge on any atom is -0.397 e. The molecule has 1 aromatic carbocycles. The summed E-state index contributed by atoms with van der Waals surface area (Å²) in [7, 11) is -2.10. The molecule has 0 aliphatic heterocycles. The van der Waals surface area contributed by atoms with Crippen LogP contribution in [0.15, 0.2) is 34.0 Å². The first kappa shape index (κ1) is 14.3. The third-order valence-electron chi connectivity index (χ3n) is 2.54. The number of sulfonamides is 1. The molecule has 1 heterocycles. The lowest BCUT2D eigenvalue weighted by molar-refractivity contribution is 0.463. The number of thiazole rings is 1. The molecular formula is C11H12ClN3O2S2. The van der Waals surface area contributed by atoms with Crippen molar-refractivity contribution in [2.45, 2.75) is 11.4 Å². The van der Waals surface area contributed by atoms with Gasteiger partial charge in [0.25, 0.3) is 0 Å². The van der Waals surface area contributed by atoms with Gasteiger partial charge in [-0.15, -0.1) is 11.3 Å². The Hall–Kier alpha value is -1.15. The summed E-state index contributed by atoms with van der Waals surface area (Å²) in [6.45, 7) is 0.217. The van der Waals surface area contributed by atoms with Crippen molar-refractivity contribution in [3.05, 3.63) is 39.8 Å². The fourth-order valence-electron chi connectivity index (χ4n) is 1.49. The van der Waals surface area contributed by atoms with E-state index < -0.39 is 10.0 Å².